The second-order valence-corrected chi connectivity index (χ2v) is 3.80. The fourth-order valence-electron chi connectivity index (χ4n) is 1.67. The lowest BCUT2D eigenvalue weighted by molar-refractivity contribution is -0.131. The van der Waals surface area contributed by atoms with Crippen LogP contribution in [0, 0.1) is 0 Å². The maximum atomic E-state index is 11.4. The first-order valence-electron chi connectivity index (χ1n) is 4.78. The lowest BCUT2D eigenvalue weighted by Crippen LogP contribution is -2.20. The Morgan fingerprint density at radius 2 is 2.31 bits per heavy atom. The predicted molar refractivity (Wildman–Crippen MR) is 59.9 cm³/mol. The number of hydrogen-bond donors (Lipinski definition) is 0. The molecule has 1 aliphatic rings. The third-order valence-corrected chi connectivity index (χ3v) is 2.69. The highest BCUT2D eigenvalue weighted by Crippen LogP contribution is 2.30. The molecule has 84 valence electrons. The van der Waals surface area contributed by atoms with Gasteiger partial charge in [0.1, 0.15) is 11.6 Å². The number of halogens is 1. The highest BCUT2D eigenvalue weighted by Gasteiger charge is 2.24. The van der Waals surface area contributed by atoms with E-state index in [0.29, 0.717) is 12.2 Å². The van der Waals surface area contributed by atoms with Crippen LogP contribution < -0.4 is 9.64 Å². The Labute approximate surface area is 97.7 Å². The van der Waals surface area contributed by atoms with Gasteiger partial charge in [-0.2, -0.15) is 0 Å². The fraction of sp³-hybridized carbons (Fsp3) is 0.273. The van der Waals surface area contributed by atoms with Gasteiger partial charge in [0.25, 0.3) is 0 Å². The zero-order valence-electron chi connectivity index (χ0n) is 8.70. The van der Waals surface area contributed by atoms with Gasteiger partial charge in [-0.25, -0.2) is 0 Å². The summed E-state index contributed by atoms with van der Waals surface area (Å²) in [6.45, 7) is 0. The van der Waals surface area contributed by atoms with Gasteiger partial charge in [-0.3, -0.25) is 9.59 Å². The van der Waals surface area contributed by atoms with Crippen molar-refractivity contribution in [1.82, 2.24) is 0 Å². The first-order chi connectivity index (χ1) is 7.61. The number of hydrogen-bond acceptors (Lipinski definition) is 3. The van der Waals surface area contributed by atoms with E-state index in [9.17, 15) is 9.59 Å². The smallest absolute Gasteiger partial charge is 0.326 e. The number of likely N-dealkylation sites (N-methyl/N-ethyl adjacent to an activating group) is 1. The number of fused-ring (bicyclic) bond motifs is 1. The van der Waals surface area contributed by atoms with Crippen molar-refractivity contribution in [1.29, 1.82) is 0 Å². The van der Waals surface area contributed by atoms with Crippen LogP contribution in [0.2, 0.25) is 0 Å². The van der Waals surface area contributed by atoms with Crippen molar-refractivity contribution in [3.8, 4) is 5.75 Å². The Hall–Kier alpha value is -1.55. The van der Waals surface area contributed by atoms with E-state index in [1.807, 2.05) is 0 Å². The molecule has 1 aromatic carbocycles. The Morgan fingerprint density at radius 3 is 3.00 bits per heavy atom. The summed E-state index contributed by atoms with van der Waals surface area (Å²) in [4.78, 5) is 24.0. The number of alkyl halides is 1. The molecule has 0 aromatic heterocycles. The minimum absolute atomic E-state index is 0.0378. The summed E-state index contributed by atoms with van der Waals surface area (Å²) in [6, 6.07) is 5.11. The Bertz CT molecular complexity index is 459. The van der Waals surface area contributed by atoms with Gasteiger partial charge in [0.15, 0.2) is 0 Å². The fourth-order valence-corrected chi connectivity index (χ4v) is 1.72. The van der Waals surface area contributed by atoms with Crippen molar-refractivity contribution in [2.24, 2.45) is 0 Å². The van der Waals surface area contributed by atoms with E-state index in [0.717, 1.165) is 11.3 Å². The average molecular weight is 240 g/mol. The van der Waals surface area contributed by atoms with Gasteiger partial charge in [-0.05, 0) is 23.8 Å². The van der Waals surface area contributed by atoms with Crippen LogP contribution in [-0.2, 0) is 16.0 Å². The Balaban J connectivity index is 2.25. The van der Waals surface area contributed by atoms with Gasteiger partial charge in [0.05, 0.1) is 6.42 Å². The number of amides is 1. The van der Waals surface area contributed by atoms with E-state index < -0.39 is 5.97 Å². The number of carbonyl (C=O) groups excluding carboxylic acids is 2. The third kappa shape index (κ3) is 1.88. The number of benzene rings is 1. The minimum atomic E-state index is -0.501. The molecule has 16 heavy (non-hydrogen) atoms. The zero-order chi connectivity index (χ0) is 11.7. The summed E-state index contributed by atoms with van der Waals surface area (Å²) in [5.74, 6) is -0.224. The molecule has 1 heterocycles. The molecule has 1 amide bonds. The van der Waals surface area contributed by atoms with Gasteiger partial charge < -0.3 is 9.64 Å². The van der Waals surface area contributed by atoms with Crippen molar-refractivity contribution in [3.05, 3.63) is 23.8 Å². The van der Waals surface area contributed by atoms with Crippen molar-refractivity contribution in [2.45, 2.75) is 6.42 Å². The van der Waals surface area contributed by atoms with Gasteiger partial charge in [-0.1, -0.05) is 0 Å². The summed E-state index contributed by atoms with van der Waals surface area (Å²) >= 11 is 5.33. The first-order valence-corrected chi connectivity index (χ1v) is 5.31. The highest BCUT2D eigenvalue weighted by molar-refractivity contribution is 6.26. The summed E-state index contributed by atoms with van der Waals surface area (Å²) in [5.41, 5.74) is 1.73. The molecule has 0 N–H and O–H groups in total. The molecule has 5 heteroatoms. The molecule has 0 atom stereocenters. The minimum Gasteiger partial charge on any atom is -0.426 e. The highest BCUT2D eigenvalue weighted by atomic mass is 35.5. The summed E-state index contributed by atoms with van der Waals surface area (Å²) in [6.07, 6.45) is 0.345. The van der Waals surface area contributed by atoms with Crippen LogP contribution in [0.3, 0.4) is 0 Å². The van der Waals surface area contributed by atoms with E-state index in [4.69, 9.17) is 16.3 Å². The van der Waals surface area contributed by atoms with E-state index in [-0.39, 0.29) is 11.8 Å². The molecule has 0 fully saturated rings. The number of anilines is 1. The third-order valence-electron chi connectivity index (χ3n) is 2.47. The Kier molecular flexibility index (Phi) is 2.83. The molecule has 0 saturated heterocycles. The molecular weight excluding hydrogens is 230 g/mol. The number of carbonyl (C=O) groups is 2. The Morgan fingerprint density at radius 1 is 1.56 bits per heavy atom. The summed E-state index contributed by atoms with van der Waals surface area (Å²) in [5, 5.41) is 0. The predicted octanol–water partition coefficient (Wildman–Crippen LogP) is 1.35. The number of ether oxygens (including phenoxy) is 1. The van der Waals surface area contributed by atoms with E-state index in [1.54, 1.807) is 30.1 Å². The molecular formula is C11H10ClNO3. The van der Waals surface area contributed by atoms with Crippen LogP contribution in [0.25, 0.3) is 0 Å². The molecule has 0 radical (unpaired) electrons. The molecule has 0 bridgehead atoms. The quantitative estimate of drug-likeness (QED) is 0.445. The average Bonchev–Trinajstić information content (AvgIpc) is 2.54. The standard InChI is InChI=1S/C11H10ClNO3/c1-13-9-3-2-8(16-11(15)6-12)4-7(9)5-10(13)14/h2-4H,5-6H2,1H3. The van der Waals surface area contributed by atoms with Crippen LogP contribution in [0.1, 0.15) is 5.56 Å². The van der Waals surface area contributed by atoms with Gasteiger partial charge in [-0.15, -0.1) is 11.6 Å². The molecule has 0 saturated carbocycles. The maximum absolute atomic E-state index is 11.4. The van der Waals surface area contributed by atoms with Gasteiger partial charge >= 0.3 is 5.97 Å². The maximum Gasteiger partial charge on any atom is 0.326 e. The van der Waals surface area contributed by atoms with Gasteiger partial charge in [0, 0.05) is 12.7 Å². The number of rotatable bonds is 2. The number of esters is 1. The van der Waals surface area contributed by atoms with E-state index in [2.05, 4.69) is 0 Å². The topological polar surface area (TPSA) is 46.6 Å². The molecule has 2 rings (SSSR count). The molecule has 4 nitrogen and oxygen atoms in total. The zero-order valence-corrected chi connectivity index (χ0v) is 9.45. The molecule has 1 aromatic rings. The molecule has 0 unspecified atom stereocenters. The largest absolute Gasteiger partial charge is 0.426 e. The van der Waals surface area contributed by atoms with Crippen molar-refractivity contribution < 1.29 is 14.3 Å². The van der Waals surface area contributed by atoms with Crippen LogP contribution in [-0.4, -0.2) is 24.8 Å². The SMILES string of the molecule is CN1C(=O)Cc2cc(OC(=O)CCl)ccc21. The van der Waals surface area contributed by atoms with Crippen LogP contribution in [0.5, 0.6) is 5.75 Å². The normalized spacial score (nSPS) is 13.9. The summed E-state index contributed by atoms with van der Waals surface area (Å²) in [7, 11) is 1.72. The monoisotopic (exact) mass is 239 g/mol. The van der Waals surface area contributed by atoms with Crippen molar-refractivity contribution >= 4 is 29.2 Å². The van der Waals surface area contributed by atoms with Crippen molar-refractivity contribution in [2.75, 3.05) is 17.8 Å². The second kappa shape index (κ2) is 4.14. The molecule has 1 aliphatic heterocycles. The molecule has 0 spiro atoms. The molecule has 0 aliphatic carbocycles. The van der Waals surface area contributed by atoms with Crippen LogP contribution in [0.4, 0.5) is 5.69 Å². The van der Waals surface area contributed by atoms with Crippen LogP contribution in [0.15, 0.2) is 18.2 Å². The summed E-state index contributed by atoms with van der Waals surface area (Å²) < 4.78 is 4.96. The second-order valence-electron chi connectivity index (χ2n) is 3.53. The lowest BCUT2D eigenvalue weighted by atomic mass is 10.1. The first kappa shape index (κ1) is 11.0. The van der Waals surface area contributed by atoms with Crippen LogP contribution >= 0.6 is 11.6 Å². The van der Waals surface area contributed by atoms with Crippen molar-refractivity contribution in [3.63, 3.8) is 0 Å². The lowest BCUT2D eigenvalue weighted by Gasteiger charge is -2.10. The van der Waals surface area contributed by atoms with E-state index in [1.165, 1.54) is 0 Å². The van der Waals surface area contributed by atoms with Gasteiger partial charge in [0.2, 0.25) is 5.91 Å². The van der Waals surface area contributed by atoms with E-state index >= 15 is 0 Å². The number of nitrogens with zero attached hydrogens (tertiary/aromatic N) is 1.